The van der Waals surface area contributed by atoms with E-state index in [1.54, 1.807) is 0 Å². The lowest BCUT2D eigenvalue weighted by atomic mass is 9.16. The molecule has 0 atom stereocenters. The summed E-state index contributed by atoms with van der Waals surface area (Å²) in [4.78, 5) is 0. The van der Waals surface area contributed by atoms with Crippen LogP contribution in [-0.4, -0.2) is 44.7 Å². The summed E-state index contributed by atoms with van der Waals surface area (Å²) in [6.45, 7) is 11.2. The van der Waals surface area contributed by atoms with E-state index < -0.39 is 18.2 Å². The van der Waals surface area contributed by atoms with Crippen molar-refractivity contribution in [1.82, 2.24) is 0 Å². The maximum absolute atomic E-state index is 13.0. The van der Waals surface area contributed by atoms with Gasteiger partial charge in [-0.15, -0.1) is 5.46 Å². The normalized spacial score (nSPS) is 10.9. The second-order valence-electron chi connectivity index (χ2n) is 7.06. The van der Waals surface area contributed by atoms with Crippen LogP contribution in [0.25, 0.3) is 0 Å². The second kappa shape index (κ2) is 9.41. The first-order valence-electron chi connectivity index (χ1n) is 8.84. The molecule has 0 N–H and O–H groups in total. The lowest BCUT2D eigenvalue weighted by Crippen LogP contribution is -2.50. The molecule has 9 heteroatoms. The summed E-state index contributed by atoms with van der Waals surface area (Å²) >= 11 is 0. The van der Waals surface area contributed by atoms with Gasteiger partial charge in [0.1, 0.15) is 7.85 Å². The first-order valence-corrected chi connectivity index (χ1v) is 8.84. The topological polar surface area (TPSA) is 0 Å². The van der Waals surface area contributed by atoms with Gasteiger partial charge in [-0.2, -0.15) is 13.2 Å². The highest BCUT2D eigenvalue weighted by Crippen LogP contribution is 2.27. The first kappa shape index (κ1) is 24.7. The fourth-order valence-electron chi connectivity index (χ4n) is 3.20. The SMILES string of the molecule is Cc1cc(C)c(C)c(C)c1C.[B][B]c1c([B])cc(C)c(B([B])[B])c1C(F)(F)F. The molecule has 0 heterocycles. The van der Waals surface area contributed by atoms with Crippen LogP contribution in [0.5, 0.6) is 0 Å². The van der Waals surface area contributed by atoms with Crippen LogP contribution in [0.1, 0.15) is 38.9 Å². The van der Waals surface area contributed by atoms with Crippen molar-refractivity contribution in [1.29, 1.82) is 0 Å². The molecule has 0 unspecified atom stereocenters. The summed E-state index contributed by atoms with van der Waals surface area (Å²) < 4.78 is 38.9. The van der Waals surface area contributed by atoms with Gasteiger partial charge in [0.25, 0.3) is 0 Å². The molecule has 2 aromatic carbocycles. The predicted molar refractivity (Wildman–Crippen MR) is 120 cm³/mol. The predicted octanol–water partition coefficient (Wildman–Crippen LogP) is 1.48. The Morgan fingerprint density at radius 2 is 1.29 bits per heavy atom. The van der Waals surface area contributed by atoms with E-state index >= 15 is 0 Å². The minimum Gasteiger partial charge on any atom is -0.166 e. The molecule has 0 bridgehead atoms. The van der Waals surface area contributed by atoms with Gasteiger partial charge in [-0.3, -0.25) is 0 Å². The van der Waals surface area contributed by atoms with Gasteiger partial charge in [0.05, 0.1) is 13.7 Å². The molecular weight excluding hydrogens is 350 g/mol. The van der Waals surface area contributed by atoms with Gasteiger partial charge in [0.15, 0.2) is 0 Å². The molecule has 2 rings (SSSR count). The van der Waals surface area contributed by atoms with Crippen molar-refractivity contribution in [2.45, 2.75) is 47.7 Å². The molecule has 0 aliphatic rings. The minimum atomic E-state index is -4.61. The smallest absolute Gasteiger partial charge is 0.166 e. The van der Waals surface area contributed by atoms with Crippen molar-refractivity contribution in [3.63, 3.8) is 0 Å². The van der Waals surface area contributed by atoms with Gasteiger partial charge >= 0.3 is 6.18 Å². The maximum Gasteiger partial charge on any atom is 0.415 e. The van der Waals surface area contributed by atoms with E-state index in [4.69, 9.17) is 31.1 Å². The monoisotopic (exact) mass is 371 g/mol. The van der Waals surface area contributed by atoms with Crippen LogP contribution in [0.2, 0.25) is 0 Å². The number of benzene rings is 2. The van der Waals surface area contributed by atoms with Gasteiger partial charge in [-0.25, -0.2) is 0 Å². The fourth-order valence-corrected chi connectivity index (χ4v) is 3.20. The highest BCUT2D eigenvalue weighted by molar-refractivity contribution is 7.35. The minimum absolute atomic E-state index is 0.0540. The molecular formula is C19H20B6F3. The highest BCUT2D eigenvalue weighted by atomic mass is 19.4. The fraction of sp³-hybridized carbons (Fsp3) is 0.368. The molecule has 0 amide bonds. The molecule has 9 radical (unpaired) electrons. The van der Waals surface area contributed by atoms with Crippen LogP contribution in [0.15, 0.2) is 12.1 Å². The van der Waals surface area contributed by atoms with Crippen molar-refractivity contribution in [2.24, 2.45) is 0 Å². The number of alkyl halides is 3. The molecule has 0 aromatic heterocycles. The maximum atomic E-state index is 13.0. The number of aryl methyl sites for hydroxylation is 3. The van der Waals surface area contributed by atoms with Gasteiger partial charge in [-0.1, -0.05) is 28.6 Å². The number of hydrogen-bond donors (Lipinski definition) is 0. The van der Waals surface area contributed by atoms with E-state index in [9.17, 15) is 13.2 Å². The van der Waals surface area contributed by atoms with E-state index in [1.807, 2.05) is 0 Å². The zero-order valence-electron chi connectivity index (χ0n) is 17.3. The van der Waals surface area contributed by atoms with Gasteiger partial charge in [0.2, 0.25) is 0 Å². The highest BCUT2D eigenvalue weighted by Gasteiger charge is 2.36. The van der Waals surface area contributed by atoms with Crippen LogP contribution in [-0.2, 0) is 6.18 Å². The Morgan fingerprint density at radius 1 is 0.821 bits per heavy atom. The second-order valence-corrected chi connectivity index (χ2v) is 7.06. The number of halogens is 3. The average Bonchev–Trinajstić information content (AvgIpc) is 2.57. The standard InChI is InChI=1S/C11H16.C8H4B6F3/c1-7-6-8(2)10(4)11(5)9(7)3;1-3-2-4(9)6(13-10)5(8(15,16)17)7(3)14(11)12/h6H,1-5H3;2H,1H3. The van der Waals surface area contributed by atoms with Crippen molar-refractivity contribution in [3.8, 4) is 0 Å². The Bertz CT molecular complexity index is 834. The molecule has 0 nitrogen and oxygen atoms in total. The Kier molecular flexibility index (Phi) is 8.29. The van der Waals surface area contributed by atoms with Gasteiger partial charge in [0, 0.05) is 28.8 Å². The summed E-state index contributed by atoms with van der Waals surface area (Å²) in [5.41, 5.74) is 5.92. The first-order chi connectivity index (χ1) is 12.7. The summed E-state index contributed by atoms with van der Waals surface area (Å²) in [6.07, 6.45) is -4.61. The van der Waals surface area contributed by atoms with Crippen molar-refractivity contribution in [3.05, 3.63) is 51.1 Å². The molecule has 0 saturated heterocycles. The van der Waals surface area contributed by atoms with Crippen LogP contribution < -0.4 is 16.4 Å². The van der Waals surface area contributed by atoms with E-state index in [-0.39, 0.29) is 22.0 Å². The third-order valence-corrected chi connectivity index (χ3v) is 5.17. The molecule has 0 aliphatic carbocycles. The van der Waals surface area contributed by atoms with Crippen molar-refractivity contribution < 1.29 is 13.2 Å². The average molecular weight is 370 g/mol. The Hall–Kier alpha value is -1.38. The third kappa shape index (κ3) is 5.36. The van der Waals surface area contributed by atoms with Crippen molar-refractivity contribution in [2.75, 3.05) is 0 Å². The van der Waals surface area contributed by atoms with E-state index in [0.29, 0.717) is 0 Å². The van der Waals surface area contributed by atoms with Crippen LogP contribution in [0, 0.1) is 41.5 Å². The zero-order chi connectivity index (χ0) is 22.0. The number of rotatable bonds is 2. The Labute approximate surface area is 173 Å². The van der Waals surface area contributed by atoms with E-state index in [2.05, 4.69) is 40.7 Å². The molecule has 0 fully saturated rings. The molecule has 135 valence electrons. The van der Waals surface area contributed by atoms with E-state index in [0.717, 1.165) is 7.17 Å². The van der Waals surface area contributed by atoms with Crippen LogP contribution in [0.3, 0.4) is 0 Å². The summed E-state index contributed by atoms with van der Waals surface area (Å²) in [5, 5.41) is 0. The molecule has 0 saturated carbocycles. The van der Waals surface area contributed by atoms with Gasteiger partial charge < -0.3 is 0 Å². The molecule has 2 aromatic rings. The zero-order valence-corrected chi connectivity index (χ0v) is 17.3. The quantitative estimate of drug-likeness (QED) is 0.703. The third-order valence-electron chi connectivity index (χ3n) is 5.17. The summed E-state index contributed by atoms with van der Waals surface area (Å²) in [6, 6.07) is 3.63. The summed E-state index contributed by atoms with van der Waals surface area (Å²) in [7, 11) is 22.2. The van der Waals surface area contributed by atoms with Crippen LogP contribution in [0.4, 0.5) is 13.2 Å². The Balaban J connectivity index is 0.000000307. The molecule has 28 heavy (non-hydrogen) atoms. The van der Waals surface area contributed by atoms with E-state index in [1.165, 1.54) is 40.8 Å². The number of hydrogen-bond acceptors (Lipinski definition) is 0. The Morgan fingerprint density at radius 3 is 1.64 bits per heavy atom. The van der Waals surface area contributed by atoms with Crippen molar-refractivity contribution >= 4 is 61.1 Å². The van der Waals surface area contributed by atoms with Gasteiger partial charge in [-0.05, 0) is 69.4 Å². The summed E-state index contributed by atoms with van der Waals surface area (Å²) in [5.74, 6) is 0. The van der Waals surface area contributed by atoms with Crippen LogP contribution >= 0.6 is 0 Å². The lowest BCUT2D eigenvalue weighted by Gasteiger charge is -2.24. The molecule has 0 aliphatic heterocycles. The largest absolute Gasteiger partial charge is 0.415 e. The lowest BCUT2D eigenvalue weighted by molar-refractivity contribution is -0.135. The molecule has 0 spiro atoms.